The standard InChI is InChI=1S/C18H19N5/c19-18-9-5-8-17(22-18)14-23(12-15-6-1-3-10-20-15)13-16-7-2-4-11-21-16/h1-11H,12-14H2,(H2,19,22). The monoisotopic (exact) mass is 305 g/mol. The van der Waals surface area contributed by atoms with Crippen LogP contribution in [0.15, 0.2) is 67.0 Å². The molecule has 0 radical (unpaired) electrons. The quantitative estimate of drug-likeness (QED) is 0.758. The lowest BCUT2D eigenvalue weighted by atomic mass is 10.2. The molecule has 0 aliphatic rings. The van der Waals surface area contributed by atoms with E-state index in [0.29, 0.717) is 12.4 Å². The third-order valence-corrected chi connectivity index (χ3v) is 3.44. The Morgan fingerprint density at radius 1 is 0.696 bits per heavy atom. The van der Waals surface area contributed by atoms with Crippen LogP contribution in [0.25, 0.3) is 0 Å². The van der Waals surface area contributed by atoms with Gasteiger partial charge in [0.15, 0.2) is 0 Å². The Morgan fingerprint density at radius 3 is 1.78 bits per heavy atom. The van der Waals surface area contributed by atoms with Crippen LogP contribution < -0.4 is 5.73 Å². The number of anilines is 1. The number of nitrogen functional groups attached to an aromatic ring is 1. The summed E-state index contributed by atoms with van der Waals surface area (Å²) in [5.74, 6) is 0.540. The molecule has 0 saturated carbocycles. The summed E-state index contributed by atoms with van der Waals surface area (Å²) in [6.07, 6.45) is 3.63. The molecule has 0 aliphatic heterocycles. The van der Waals surface area contributed by atoms with Crippen LogP contribution in [0, 0.1) is 0 Å². The summed E-state index contributed by atoms with van der Waals surface area (Å²) in [5.41, 5.74) is 8.77. The summed E-state index contributed by atoms with van der Waals surface area (Å²) in [4.78, 5) is 15.5. The molecule has 0 saturated heterocycles. The number of pyridine rings is 3. The molecule has 0 amide bonds. The first-order chi connectivity index (χ1) is 11.3. The minimum Gasteiger partial charge on any atom is -0.384 e. The molecule has 3 rings (SSSR count). The van der Waals surface area contributed by atoms with E-state index >= 15 is 0 Å². The van der Waals surface area contributed by atoms with Gasteiger partial charge in [-0.15, -0.1) is 0 Å². The average molecular weight is 305 g/mol. The average Bonchev–Trinajstić information content (AvgIpc) is 2.57. The van der Waals surface area contributed by atoms with Crippen molar-refractivity contribution in [3.8, 4) is 0 Å². The summed E-state index contributed by atoms with van der Waals surface area (Å²) in [6, 6.07) is 17.6. The van der Waals surface area contributed by atoms with E-state index in [2.05, 4.69) is 19.9 Å². The highest BCUT2D eigenvalue weighted by Crippen LogP contribution is 2.11. The fourth-order valence-electron chi connectivity index (χ4n) is 2.42. The predicted octanol–water partition coefficient (Wildman–Crippen LogP) is 2.66. The molecule has 3 aromatic rings. The Morgan fingerprint density at radius 2 is 1.26 bits per heavy atom. The molecule has 0 spiro atoms. The van der Waals surface area contributed by atoms with Crippen molar-refractivity contribution in [1.82, 2.24) is 19.9 Å². The zero-order chi connectivity index (χ0) is 15.9. The summed E-state index contributed by atoms with van der Waals surface area (Å²) in [5, 5.41) is 0. The Hall–Kier alpha value is -2.79. The topological polar surface area (TPSA) is 67.9 Å². The molecule has 0 aliphatic carbocycles. The summed E-state index contributed by atoms with van der Waals surface area (Å²) < 4.78 is 0. The lowest BCUT2D eigenvalue weighted by molar-refractivity contribution is 0.239. The van der Waals surface area contributed by atoms with E-state index < -0.39 is 0 Å². The van der Waals surface area contributed by atoms with E-state index in [9.17, 15) is 0 Å². The number of nitrogens with two attached hydrogens (primary N) is 1. The van der Waals surface area contributed by atoms with Crippen molar-refractivity contribution in [2.24, 2.45) is 0 Å². The van der Waals surface area contributed by atoms with E-state index in [0.717, 1.165) is 30.2 Å². The van der Waals surface area contributed by atoms with Crippen LogP contribution in [0.5, 0.6) is 0 Å². The van der Waals surface area contributed by atoms with Gasteiger partial charge in [-0.2, -0.15) is 0 Å². The zero-order valence-corrected chi connectivity index (χ0v) is 12.8. The Bertz CT molecular complexity index is 689. The maximum absolute atomic E-state index is 5.79. The summed E-state index contributed by atoms with van der Waals surface area (Å²) in [6.45, 7) is 2.15. The Balaban J connectivity index is 1.77. The maximum atomic E-state index is 5.79. The van der Waals surface area contributed by atoms with Gasteiger partial charge >= 0.3 is 0 Å². The molecule has 0 atom stereocenters. The van der Waals surface area contributed by atoms with Gasteiger partial charge in [-0.05, 0) is 36.4 Å². The fraction of sp³-hybridized carbons (Fsp3) is 0.167. The second-order valence-electron chi connectivity index (χ2n) is 5.34. The molecule has 23 heavy (non-hydrogen) atoms. The second kappa shape index (κ2) is 7.47. The number of hydrogen-bond acceptors (Lipinski definition) is 5. The van der Waals surface area contributed by atoms with Crippen molar-refractivity contribution >= 4 is 5.82 Å². The first-order valence-corrected chi connectivity index (χ1v) is 7.53. The van der Waals surface area contributed by atoms with Gasteiger partial charge in [0.05, 0.1) is 17.1 Å². The van der Waals surface area contributed by atoms with Crippen LogP contribution in [0.4, 0.5) is 5.82 Å². The van der Waals surface area contributed by atoms with Crippen molar-refractivity contribution in [2.45, 2.75) is 19.6 Å². The lowest BCUT2D eigenvalue weighted by Gasteiger charge is -2.21. The van der Waals surface area contributed by atoms with Crippen molar-refractivity contribution in [3.05, 3.63) is 84.1 Å². The van der Waals surface area contributed by atoms with E-state index in [1.54, 1.807) is 6.07 Å². The van der Waals surface area contributed by atoms with Crippen LogP contribution in [0.2, 0.25) is 0 Å². The fourth-order valence-corrected chi connectivity index (χ4v) is 2.42. The van der Waals surface area contributed by atoms with Crippen molar-refractivity contribution in [3.63, 3.8) is 0 Å². The molecule has 5 nitrogen and oxygen atoms in total. The molecular weight excluding hydrogens is 286 g/mol. The molecular formula is C18H19N5. The van der Waals surface area contributed by atoms with E-state index in [-0.39, 0.29) is 0 Å². The minimum absolute atomic E-state index is 0.540. The number of rotatable bonds is 6. The van der Waals surface area contributed by atoms with Gasteiger partial charge in [0.1, 0.15) is 5.82 Å². The lowest BCUT2D eigenvalue weighted by Crippen LogP contribution is -2.24. The number of aromatic nitrogens is 3. The highest BCUT2D eigenvalue weighted by atomic mass is 15.1. The van der Waals surface area contributed by atoms with Gasteiger partial charge in [0.25, 0.3) is 0 Å². The molecule has 3 aromatic heterocycles. The van der Waals surface area contributed by atoms with Crippen LogP contribution in [0.3, 0.4) is 0 Å². The first-order valence-electron chi connectivity index (χ1n) is 7.53. The van der Waals surface area contributed by atoms with Gasteiger partial charge in [0, 0.05) is 32.0 Å². The number of nitrogens with zero attached hydrogens (tertiary/aromatic N) is 4. The van der Waals surface area contributed by atoms with Gasteiger partial charge in [-0.25, -0.2) is 4.98 Å². The van der Waals surface area contributed by atoms with Crippen LogP contribution in [0.1, 0.15) is 17.1 Å². The van der Waals surface area contributed by atoms with Crippen molar-refractivity contribution in [1.29, 1.82) is 0 Å². The molecule has 116 valence electrons. The highest BCUT2D eigenvalue weighted by molar-refractivity contribution is 5.28. The van der Waals surface area contributed by atoms with Crippen LogP contribution in [-0.4, -0.2) is 19.9 Å². The Labute approximate surface area is 135 Å². The van der Waals surface area contributed by atoms with E-state index in [1.165, 1.54) is 0 Å². The molecule has 0 aromatic carbocycles. The largest absolute Gasteiger partial charge is 0.384 e. The SMILES string of the molecule is Nc1cccc(CN(Cc2ccccn2)Cc2ccccn2)n1. The van der Waals surface area contributed by atoms with Gasteiger partial charge in [0.2, 0.25) is 0 Å². The molecule has 0 unspecified atom stereocenters. The highest BCUT2D eigenvalue weighted by Gasteiger charge is 2.10. The van der Waals surface area contributed by atoms with Gasteiger partial charge < -0.3 is 5.73 Å². The first kappa shape index (κ1) is 15.1. The molecule has 0 fully saturated rings. The zero-order valence-electron chi connectivity index (χ0n) is 12.8. The Kier molecular flexibility index (Phi) is 4.91. The molecule has 0 bridgehead atoms. The minimum atomic E-state index is 0.540. The van der Waals surface area contributed by atoms with Crippen molar-refractivity contribution in [2.75, 3.05) is 5.73 Å². The van der Waals surface area contributed by atoms with E-state index in [1.807, 2.05) is 60.9 Å². The number of hydrogen-bond donors (Lipinski definition) is 1. The van der Waals surface area contributed by atoms with Gasteiger partial charge in [-0.3, -0.25) is 14.9 Å². The van der Waals surface area contributed by atoms with Gasteiger partial charge in [-0.1, -0.05) is 18.2 Å². The normalized spacial score (nSPS) is 10.8. The summed E-state index contributed by atoms with van der Waals surface area (Å²) >= 11 is 0. The van der Waals surface area contributed by atoms with E-state index in [4.69, 9.17) is 5.73 Å². The third kappa shape index (κ3) is 4.59. The molecule has 5 heteroatoms. The predicted molar refractivity (Wildman–Crippen MR) is 90.1 cm³/mol. The van der Waals surface area contributed by atoms with Crippen LogP contribution in [-0.2, 0) is 19.6 Å². The third-order valence-electron chi connectivity index (χ3n) is 3.44. The van der Waals surface area contributed by atoms with Crippen molar-refractivity contribution < 1.29 is 0 Å². The second-order valence-corrected chi connectivity index (χ2v) is 5.34. The smallest absolute Gasteiger partial charge is 0.123 e. The maximum Gasteiger partial charge on any atom is 0.123 e. The summed E-state index contributed by atoms with van der Waals surface area (Å²) in [7, 11) is 0. The molecule has 2 N–H and O–H groups in total. The van der Waals surface area contributed by atoms with Crippen LogP contribution >= 0.6 is 0 Å². The molecule has 3 heterocycles.